The van der Waals surface area contributed by atoms with Crippen LogP contribution < -0.4 is 0 Å². The van der Waals surface area contributed by atoms with Gasteiger partial charge in [-0.05, 0) is 20.3 Å². The third kappa shape index (κ3) is 3.63. The maximum atomic E-state index is 5.66. The molecule has 1 fully saturated rings. The number of nitrogens with zero attached hydrogens (tertiary/aromatic N) is 1. The Hall–Kier alpha value is -0.120. The first-order valence-electron chi connectivity index (χ1n) is 5.08. The maximum Gasteiger partial charge on any atom is 0.0821 e. The van der Waals surface area contributed by atoms with Crippen molar-refractivity contribution in [3.63, 3.8) is 0 Å². The van der Waals surface area contributed by atoms with Gasteiger partial charge in [-0.3, -0.25) is 4.90 Å². The van der Waals surface area contributed by atoms with Gasteiger partial charge in [0, 0.05) is 26.2 Å². The molecule has 13 heavy (non-hydrogen) atoms. The first-order chi connectivity index (χ1) is 6.24. The van der Waals surface area contributed by atoms with Crippen LogP contribution in [0, 0.1) is 0 Å². The van der Waals surface area contributed by atoms with E-state index in [1.807, 2.05) is 0 Å². The van der Waals surface area contributed by atoms with Gasteiger partial charge in [0.05, 0.1) is 19.3 Å². The monoisotopic (exact) mass is 187 g/mol. The molecule has 0 N–H and O–H groups in total. The molecule has 0 aromatic carbocycles. The Labute approximate surface area is 81.0 Å². The minimum Gasteiger partial charge on any atom is -0.382 e. The molecule has 3 heteroatoms. The van der Waals surface area contributed by atoms with E-state index in [1.165, 1.54) is 0 Å². The molecule has 1 atom stereocenters. The average molecular weight is 187 g/mol. The van der Waals surface area contributed by atoms with E-state index in [4.69, 9.17) is 9.47 Å². The lowest BCUT2D eigenvalue weighted by Gasteiger charge is -2.23. The number of ether oxygens (including phenoxy) is 2. The van der Waals surface area contributed by atoms with Crippen LogP contribution in [0.1, 0.15) is 20.3 Å². The molecule has 1 aliphatic heterocycles. The van der Waals surface area contributed by atoms with Crippen LogP contribution in [-0.4, -0.2) is 50.5 Å². The van der Waals surface area contributed by atoms with Gasteiger partial charge in [0.1, 0.15) is 0 Å². The largest absolute Gasteiger partial charge is 0.382 e. The fourth-order valence-corrected chi connectivity index (χ4v) is 1.68. The van der Waals surface area contributed by atoms with E-state index in [0.717, 1.165) is 32.7 Å². The van der Waals surface area contributed by atoms with E-state index in [0.29, 0.717) is 12.1 Å². The molecule has 1 heterocycles. The Kier molecular flexibility index (Phi) is 4.70. The van der Waals surface area contributed by atoms with E-state index in [2.05, 4.69) is 18.7 Å². The second-order valence-corrected chi connectivity index (χ2v) is 3.87. The molecule has 1 aliphatic rings. The van der Waals surface area contributed by atoms with Crippen molar-refractivity contribution in [1.82, 2.24) is 4.90 Å². The number of methoxy groups -OCH3 is 1. The van der Waals surface area contributed by atoms with Crippen LogP contribution in [0.4, 0.5) is 0 Å². The van der Waals surface area contributed by atoms with Crippen molar-refractivity contribution in [3.05, 3.63) is 0 Å². The van der Waals surface area contributed by atoms with Crippen molar-refractivity contribution >= 4 is 0 Å². The second kappa shape index (κ2) is 5.58. The van der Waals surface area contributed by atoms with Crippen molar-refractivity contribution in [2.24, 2.45) is 0 Å². The summed E-state index contributed by atoms with van der Waals surface area (Å²) in [6.07, 6.45) is 1.39. The lowest BCUT2D eigenvalue weighted by Crippen LogP contribution is -2.33. The highest BCUT2D eigenvalue weighted by Crippen LogP contribution is 2.09. The minimum atomic E-state index is 0.300. The molecule has 0 aromatic rings. The molecule has 3 nitrogen and oxygen atoms in total. The molecule has 0 amide bonds. The summed E-state index contributed by atoms with van der Waals surface area (Å²) in [6.45, 7) is 8.22. The highest BCUT2D eigenvalue weighted by molar-refractivity contribution is 4.70. The molecule has 0 aliphatic carbocycles. The van der Waals surface area contributed by atoms with E-state index in [-0.39, 0.29) is 0 Å². The number of hydrogen-bond donors (Lipinski definition) is 0. The normalized spacial score (nSPS) is 26.3. The molecule has 0 aromatic heterocycles. The van der Waals surface area contributed by atoms with Gasteiger partial charge >= 0.3 is 0 Å². The van der Waals surface area contributed by atoms with Crippen molar-refractivity contribution in [2.45, 2.75) is 32.4 Å². The summed E-state index contributed by atoms with van der Waals surface area (Å²) in [5.41, 5.74) is 0. The molecule has 1 saturated heterocycles. The van der Waals surface area contributed by atoms with Gasteiger partial charge in [-0.1, -0.05) is 0 Å². The Bertz CT molecular complexity index is 139. The average Bonchev–Trinajstić information content (AvgIpc) is 2.30. The van der Waals surface area contributed by atoms with Gasteiger partial charge in [0.25, 0.3) is 0 Å². The standard InChI is InChI=1S/C10H21NO2/c1-9(2)11-5-4-10(8-12-3)13-7-6-11/h9-10H,4-8H2,1-3H3/t10-/m0/s1. The van der Waals surface area contributed by atoms with E-state index in [9.17, 15) is 0 Å². The van der Waals surface area contributed by atoms with Crippen molar-refractivity contribution in [2.75, 3.05) is 33.4 Å². The third-order valence-electron chi connectivity index (χ3n) is 2.55. The fourth-order valence-electron chi connectivity index (χ4n) is 1.68. The first kappa shape index (κ1) is 11.0. The number of rotatable bonds is 3. The fraction of sp³-hybridized carbons (Fsp3) is 1.00. The SMILES string of the molecule is COC[C@@H]1CCN(C(C)C)CCO1. The van der Waals surface area contributed by atoms with Gasteiger partial charge in [0.2, 0.25) is 0 Å². The minimum absolute atomic E-state index is 0.300. The van der Waals surface area contributed by atoms with Crippen LogP contribution in [0.5, 0.6) is 0 Å². The lowest BCUT2D eigenvalue weighted by molar-refractivity contribution is 0.00498. The predicted molar refractivity (Wildman–Crippen MR) is 52.9 cm³/mol. The van der Waals surface area contributed by atoms with Crippen LogP contribution >= 0.6 is 0 Å². The molecule has 78 valence electrons. The summed E-state index contributed by atoms with van der Waals surface area (Å²) < 4.78 is 10.7. The van der Waals surface area contributed by atoms with Gasteiger partial charge in [-0.2, -0.15) is 0 Å². The van der Waals surface area contributed by atoms with E-state index in [1.54, 1.807) is 7.11 Å². The van der Waals surface area contributed by atoms with Crippen LogP contribution in [0.25, 0.3) is 0 Å². The second-order valence-electron chi connectivity index (χ2n) is 3.87. The van der Waals surface area contributed by atoms with Crippen molar-refractivity contribution in [1.29, 1.82) is 0 Å². The van der Waals surface area contributed by atoms with Gasteiger partial charge in [-0.15, -0.1) is 0 Å². The summed E-state index contributed by atoms with van der Waals surface area (Å²) in [5, 5.41) is 0. The zero-order chi connectivity index (χ0) is 9.68. The van der Waals surface area contributed by atoms with Gasteiger partial charge < -0.3 is 9.47 Å². The smallest absolute Gasteiger partial charge is 0.0821 e. The highest BCUT2D eigenvalue weighted by Gasteiger charge is 2.18. The summed E-state index contributed by atoms with van der Waals surface area (Å²) in [7, 11) is 1.73. The van der Waals surface area contributed by atoms with E-state index < -0.39 is 0 Å². The van der Waals surface area contributed by atoms with Gasteiger partial charge in [0.15, 0.2) is 0 Å². The molecule has 0 saturated carbocycles. The van der Waals surface area contributed by atoms with Crippen LogP contribution in [0.2, 0.25) is 0 Å². The van der Waals surface area contributed by atoms with Crippen LogP contribution in [-0.2, 0) is 9.47 Å². The maximum absolute atomic E-state index is 5.66. The molecule has 0 spiro atoms. The molecule has 0 unspecified atom stereocenters. The summed E-state index contributed by atoms with van der Waals surface area (Å²) in [5.74, 6) is 0. The zero-order valence-electron chi connectivity index (χ0n) is 8.95. The van der Waals surface area contributed by atoms with E-state index >= 15 is 0 Å². The molecule has 0 bridgehead atoms. The van der Waals surface area contributed by atoms with Crippen molar-refractivity contribution in [3.8, 4) is 0 Å². The Morgan fingerprint density at radius 2 is 2.23 bits per heavy atom. The molecular formula is C10H21NO2. The quantitative estimate of drug-likeness (QED) is 0.661. The summed E-state index contributed by atoms with van der Waals surface area (Å²) in [4.78, 5) is 2.45. The topological polar surface area (TPSA) is 21.7 Å². The Morgan fingerprint density at radius 1 is 1.46 bits per heavy atom. The molecule has 1 rings (SSSR count). The first-order valence-corrected chi connectivity index (χ1v) is 5.08. The molecular weight excluding hydrogens is 166 g/mol. The number of hydrogen-bond acceptors (Lipinski definition) is 3. The Balaban J connectivity index is 2.30. The molecule has 0 radical (unpaired) electrons. The predicted octanol–water partition coefficient (Wildman–Crippen LogP) is 1.13. The van der Waals surface area contributed by atoms with Crippen LogP contribution in [0.15, 0.2) is 0 Å². The van der Waals surface area contributed by atoms with Crippen molar-refractivity contribution < 1.29 is 9.47 Å². The zero-order valence-corrected chi connectivity index (χ0v) is 8.95. The van der Waals surface area contributed by atoms with Crippen LogP contribution in [0.3, 0.4) is 0 Å². The summed E-state index contributed by atoms with van der Waals surface area (Å²) in [6, 6.07) is 0.630. The highest BCUT2D eigenvalue weighted by atomic mass is 16.5. The summed E-state index contributed by atoms with van der Waals surface area (Å²) >= 11 is 0. The van der Waals surface area contributed by atoms with Gasteiger partial charge in [-0.25, -0.2) is 0 Å². The third-order valence-corrected chi connectivity index (χ3v) is 2.55. The lowest BCUT2D eigenvalue weighted by atomic mass is 10.2. The Morgan fingerprint density at radius 3 is 2.85 bits per heavy atom.